The first kappa shape index (κ1) is 20.7. The zero-order valence-corrected chi connectivity index (χ0v) is 17.0. The molecule has 3 rings (SSSR count). The lowest BCUT2D eigenvalue weighted by Crippen LogP contribution is -2.65. The first-order valence-corrected chi connectivity index (χ1v) is 10.7. The highest BCUT2D eigenvalue weighted by atomic mass is 16.6. The Morgan fingerprint density at radius 3 is 2.26 bits per heavy atom. The molecule has 0 aromatic rings. The van der Waals surface area contributed by atoms with Gasteiger partial charge in [-0.25, -0.2) is 14.8 Å². The van der Waals surface area contributed by atoms with Crippen LogP contribution in [0.3, 0.4) is 0 Å². The largest absolute Gasteiger partial charge is 0.392 e. The number of hydrazine groups is 1. The zero-order chi connectivity index (χ0) is 19.4. The zero-order valence-electron chi connectivity index (χ0n) is 17.0. The normalized spacial score (nSPS) is 34.3. The Bertz CT molecular complexity index is 529. The van der Waals surface area contributed by atoms with E-state index >= 15 is 0 Å². The topological polar surface area (TPSA) is 79.1 Å². The summed E-state index contributed by atoms with van der Waals surface area (Å²) in [5.74, 6) is -1.06. The molecule has 3 fully saturated rings. The Morgan fingerprint density at radius 1 is 1.00 bits per heavy atom. The number of rotatable bonds is 4. The number of carbonyl (C=O) groups is 2. The van der Waals surface area contributed by atoms with Gasteiger partial charge in [0.25, 0.3) is 0 Å². The maximum absolute atomic E-state index is 12.6. The van der Waals surface area contributed by atoms with E-state index in [-0.39, 0.29) is 18.4 Å². The van der Waals surface area contributed by atoms with Crippen molar-refractivity contribution in [3.05, 3.63) is 0 Å². The van der Waals surface area contributed by atoms with Crippen LogP contribution in [0.1, 0.15) is 58.8 Å². The van der Waals surface area contributed by atoms with Crippen LogP contribution in [-0.2, 0) is 14.3 Å². The van der Waals surface area contributed by atoms with Crippen LogP contribution >= 0.6 is 0 Å². The summed E-state index contributed by atoms with van der Waals surface area (Å²) in [4.78, 5) is 26.7. The van der Waals surface area contributed by atoms with E-state index in [1.54, 1.807) is 6.92 Å². The van der Waals surface area contributed by atoms with Gasteiger partial charge in [-0.3, -0.25) is 9.69 Å². The van der Waals surface area contributed by atoms with E-state index in [0.717, 1.165) is 39.0 Å². The molecular weight excluding hydrogens is 344 g/mol. The van der Waals surface area contributed by atoms with Crippen LogP contribution in [-0.4, -0.2) is 77.7 Å². The minimum absolute atomic E-state index is 0.0232. The summed E-state index contributed by atoms with van der Waals surface area (Å²) >= 11 is 0. The summed E-state index contributed by atoms with van der Waals surface area (Å²) in [6.45, 7) is 10.2. The van der Waals surface area contributed by atoms with Crippen LogP contribution < -0.4 is 5.73 Å². The van der Waals surface area contributed by atoms with Gasteiger partial charge in [-0.2, -0.15) is 0 Å². The maximum Gasteiger partial charge on any atom is 0.334 e. The molecule has 27 heavy (non-hydrogen) atoms. The number of hydrogen-bond acceptors (Lipinski definition) is 7. The summed E-state index contributed by atoms with van der Waals surface area (Å²) in [5, 5.41) is 5.03. The van der Waals surface area contributed by atoms with Crippen LogP contribution in [0.15, 0.2) is 0 Å². The van der Waals surface area contributed by atoms with Crippen molar-refractivity contribution in [3.63, 3.8) is 0 Å². The number of piperidine rings is 1. The van der Waals surface area contributed by atoms with Gasteiger partial charge in [0.1, 0.15) is 5.54 Å². The van der Waals surface area contributed by atoms with E-state index in [1.807, 2.05) is 0 Å². The number of nitrogens with two attached hydrogens (primary N) is 1. The summed E-state index contributed by atoms with van der Waals surface area (Å²) in [6.07, 6.45) is 6.69. The molecule has 3 aliphatic rings. The van der Waals surface area contributed by atoms with Crippen LogP contribution in [0, 0.1) is 5.92 Å². The predicted octanol–water partition coefficient (Wildman–Crippen LogP) is 1.37. The standard InChI is InChI=1S/C20H36N4O3/c1-3-18(25)27-19(26)20(21)9-7-8-17(16(20)2)22-12-14-24(15-13-22)23-10-5-4-6-11-23/h16-17H,3-15,21H2,1-2H3. The number of ether oxygens (including phenoxy) is 1. The van der Waals surface area contributed by atoms with E-state index in [4.69, 9.17) is 10.5 Å². The molecule has 0 spiro atoms. The highest BCUT2D eigenvalue weighted by Crippen LogP contribution is 2.36. The summed E-state index contributed by atoms with van der Waals surface area (Å²) < 4.78 is 5.01. The Labute approximate surface area is 163 Å². The van der Waals surface area contributed by atoms with Gasteiger partial charge >= 0.3 is 11.9 Å². The average Bonchev–Trinajstić information content (AvgIpc) is 2.70. The average molecular weight is 381 g/mol. The predicted molar refractivity (Wildman–Crippen MR) is 104 cm³/mol. The molecule has 1 saturated carbocycles. The minimum Gasteiger partial charge on any atom is -0.392 e. The first-order valence-electron chi connectivity index (χ1n) is 10.7. The highest BCUT2D eigenvalue weighted by Gasteiger charge is 2.49. The van der Waals surface area contributed by atoms with E-state index in [2.05, 4.69) is 21.8 Å². The third-order valence-corrected chi connectivity index (χ3v) is 6.85. The van der Waals surface area contributed by atoms with Gasteiger partial charge in [0, 0.05) is 57.6 Å². The third kappa shape index (κ3) is 4.53. The smallest absolute Gasteiger partial charge is 0.334 e. The van der Waals surface area contributed by atoms with Gasteiger partial charge in [-0.15, -0.1) is 0 Å². The van der Waals surface area contributed by atoms with Crippen LogP contribution in [0.25, 0.3) is 0 Å². The second kappa shape index (κ2) is 8.99. The molecule has 7 nitrogen and oxygen atoms in total. The molecule has 1 aliphatic carbocycles. The molecule has 2 saturated heterocycles. The lowest BCUT2D eigenvalue weighted by Gasteiger charge is -2.50. The van der Waals surface area contributed by atoms with Crippen molar-refractivity contribution < 1.29 is 14.3 Å². The van der Waals surface area contributed by atoms with Crippen LogP contribution in [0.4, 0.5) is 0 Å². The van der Waals surface area contributed by atoms with E-state index < -0.39 is 17.5 Å². The Balaban J connectivity index is 1.58. The van der Waals surface area contributed by atoms with Crippen molar-refractivity contribution in [2.24, 2.45) is 11.7 Å². The Kier molecular flexibility index (Phi) is 6.89. The van der Waals surface area contributed by atoms with Crippen molar-refractivity contribution in [1.29, 1.82) is 0 Å². The number of piperazine rings is 1. The van der Waals surface area contributed by atoms with E-state index in [0.29, 0.717) is 6.42 Å². The van der Waals surface area contributed by atoms with Gasteiger partial charge in [0.2, 0.25) is 0 Å². The summed E-state index contributed by atoms with van der Waals surface area (Å²) in [6, 6.07) is 0.275. The fourth-order valence-corrected chi connectivity index (χ4v) is 4.97. The Morgan fingerprint density at radius 2 is 1.63 bits per heavy atom. The van der Waals surface area contributed by atoms with Crippen LogP contribution in [0.5, 0.6) is 0 Å². The summed E-state index contributed by atoms with van der Waals surface area (Å²) in [7, 11) is 0. The quantitative estimate of drug-likeness (QED) is 0.583. The molecule has 2 heterocycles. The first-order chi connectivity index (χ1) is 13.0. The van der Waals surface area contributed by atoms with Crippen molar-refractivity contribution in [1.82, 2.24) is 14.9 Å². The molecule has 0 radical (unpaired) electrons. The van der Waals surface area contributed by atoms with Crippen LogP contribution in [0.2, 0.25) is 0 Å². The number of carbonyl (C=O) groups excluding carboxylic acids is 2. The molecule has 154 valence electrons. The number of hydrogen-bond donors (Lipinski definition) is 1. The number of nitrogens with zero attached hydrogens (tertiary/aromatic N) is 3. The second-order valence-corrected chi connectivity index (χ2v) is 8.41. The molecule has 2 aliphatic heterocycles. The molecule has 7 heteroatoms. The van der Waals surface area contributed by atoms with Gasteiger partial charge in [0.15, 0.2) is 0 Å². The van der Waals surface area contributed by atoms with Gasteiger partial charge in [0.05, 0.1) is 0 Å². The molecule has 0 amide bonds. The molecule has 3 atom stereocenters. The Hall–Kier alpha value is -1.02. The van der Waals surface area contributed by atoms with E-state index in [1.165, 1.54) is 32.4 Å². The lowest BCUT2D eigenvalue weighted by atomic mass is 9.70. The molecule has 0 aromatic carbocycles. The molecular formula is C20H36N4O3. The third-order valence-electron chi connectivity index (χ3n) is 6.85. The molecule has 3 unspecified atom stereocenters. The van der Waals surface area contributed by atoms with Gasteiger partial charge in [-0.1, -0.05) is 20.3 Å². The highest BCUT2D eigenvalue weighted by molar-refractivity contribution is 5.91. The van der Waals surface area contributed by atoms with Crippen molar-refractivity contribution in [2.45, 2.75) is 70.4 Å². The fourth-order valence-electron chi connectivity index (χ4n) is 4.97. The van der Waals surface area contributed by atoms with Gasteiger partial charge in [-0.05, 0) is 32.1 Å². The second-order valence-electron chi connectivity index (χ2n) is 8.41. The monoisotopic (exact) mass is 380 g/mol. The number of esters is 2. The SMILES string of the molecule is CCC(=O)OC(=O)C1(N)CCCC(N2CCN(N3CCCCC3)CC2)C1C. The lowest BCUT2D eigenvalue weighted by molar-refractivity contribution is -0.167. The van der Waals surface area contributed by atoms with E-state index in [9.17, 15) is 9.59 Å². The fraction of sp³-hybridized carbons (Fsp3) is 0.900. The maximum atomic E-state index is 12.6. The van der Waals surface area contributed by atoms with Gasteiger partial charge < -0.3 is 10.5 Å². The van der Waals surface area contributed by atoms with Crippen molar-refractivity contribution >= 4 is 11.9 Å². The minimum atomic E-state index is -1.06. The van der Waals surface area contributed by atoms with Crippen molar-refractivity contribution in [2.75, 3.05) is 39.3 Å². The summed E-state index contributed by atoms with van der Waals surface area (Å²) in [5.41, 5.74) is 5.46. The molecule has 0 aromatic heterocycles. The molecule has 2 N–H and O–H groups in total. The molecule has 0 bridgehead atoms. The van der Waals surface area contributed by atoms with Crippen molar-refractivity contribution in [3.8, 4) is 0 Å².